The van der Waals surface area contributed by atoms with Gasteiger partial charge in [0.25, 0.3) is 0 Å². The second-order valence-electron chi connectivity index (χ2n) is 5.79. The average molecular weight is 298 g/mol. The van der Waals surface area contributed by atoms with Crippen LogP contribution >= 0.6 is 0 Å². The molecule has 0 aliphatic heterocycles. The van der Waals surface area contributed by atoms with Crippen LogP contribution in [-0.2, 0) is 9.53 Å². The summed E-state index contributed by atoms with van der Waals surface area (Å²) in [6.45, 7) is 9.57. The van der Waals surface area contributed by atoms with Crippen LogP contribution < -0.4 is 16.0 Å². The van der Waals surface area contributed by atoms with Crippen molar-refractivity contribution in [3.05, 3.63) is 0 Å². The van der Waals surface area contributed by atoms with Crippen LogP contribution in [0.25, 0.3) is 0 Å². The molecule has 3 N–H and O–H groups in total. The molecule has 0 radical (unpaired) electrons. The molecule has 1 fully saturated rings. The van der Waals surface area contributed by atoms with Crippen molar-refractivity contribution in [2.45, 2.75) is 46.1 Å². The molecule has 0 atom stereocenters. The summed E-state index contributed by atoms with van der Waals surface area (Å²) in [5.74, 6) is 1.25. The Labute approximate surface area is 128 Å². The number of aliphatic imine (C=N–C) groups is 1. The highest BCUT2D eigenvalue weighted by Gasteiger charge is 2.22. The van der Waals surface area contributed by atoms with Crippen molar-refractivity contribution in [2.24, 2.45) is 10.9 Å². The summed E-state index contributed by atoms with van der Waals surface area (Å²) < 4.78 is 5.52. The Kier molecular flexibility index (Phi) is 8.82. The fourth-order valence-corrected chi connectivity index (χ4v) is 1.69. The molecule has 1 rings (SSSR count). The third-order valence-electron chi connectivity index (χ3n) is 2.88. The highest BCUT2D eigenvalue weighted by molar-refractivity contribution is 5.85. The van der Waals surface area contributed by atoms with Crippen molar-refractivity contribution < 1.29 is 9.53 Å². The zero-order valence-electron chi connectivity index (χ0n) is 13.6. The maximum Gasteiger partial charge on any atom is 0.242 e. The maximum absolute atomic E-state index is 11.6. The van der Waals surface area contributed by atoms with Crippen LogP contribution in [0.1, 0.15) is 40.0 Å². The number of nitrogens with zero attached hydrogens (tertiary/aromatic N) is 1. The van der Waals surface area contributed by atoms with E-state index < -0.39 is 0 Å². The van der Waals surface area contributed by atoms with Crippen LogP contribution in [0.5, 0.6) is 0 Å². The number of nitrogens with one attached hydrogen (secondary N) is 3. The number of amides is 1. The van der Waals surface area contributed by atoms with Gasteiger partial charge in [0, 0.05) is 32.3 Å². The Hall–Kier alpha value is -1.30. The first-order valence-electron chi connectivity index (χ1n) is 8.01. The summed E-state index contributed by atoms with van der Waals surface area (Å²) >= 11 is 0. The number of hydrogen-bond donors (Lipinski definition) is 3. The monoisotopic (exact) mass is 298 g/mol. The number of ether oxygens (including phenoxy) is 1. The summed E-state index contributed by atoms with van der Waals surface area (Å²) in [6.07, 6.45) is 3.12. The molecule has 21 heavy (non-hydrogen) atoms. The van der Waals surface area contributed by atoms with E-state index in [-0.39, 0.29) is 12.5 Å². The van der Waals surface area contributed by atoms with Crippen molar-refractivity contribution in [1.82, 2.24) is 16.0 Å². The molecule has 1 aliphatic carbocycles. The highest BCUT2D eigenvalue weighted by atomic mass is 16.5. The van der Waals surface area contributed by atoms with E-state index in [4.69, 9.17) is 4.74 Å². The summed E-state index contributed by atoms with van der Waals surface area (Å²) in [5, 5.41) is 9.27. The van der Waals surface area contributed by atoms with Gasteiger partial charge >= 0.3 is 0 Å². The first-order chi connectivity index (χ1) is 10.1. The molecule has 6 heteroatoms. The molecule has 0 aromatic rings. The van der Waals surface area contributed by atoms with Gasteiger partial charge in [0.1, 0.15) is 6.54 Å². The molecule has 1 saturated carbocycles. The summed E-state index contributed by atoms with van der Waals surface area (Å²) in [6, 6.07) is 0.390. The Balaban J connectivity index is 2.13. The number of guanidine groups is 1. The number of hydrogen-bond acceptors (Lipinski definition) is 3. The lowest BCUT2D eigenvalue weighted by Crippen LogP contribution is -2.39. The lowest BCUT2D eigenvalue weighted by Gasteiger charge is -2.12. The van der Waals surface area contributed by atoms with Gasteiger partial charge < -0.3 is 20.7 Å². The van der Waals surface area contributed by atoms with Crippen LogP contribution in [0.4, 0.5) is 0 Å². The van der Waals surface area contributed by atoms with Crippen molar-refractivity contribution >= 4 is 11.9 Å². The van der Waals surface area contributed by atoms with Crippen LogP contribution in [0, 0.1) is 5.92 Å². The molecular formula is C15H30N4O2. The molecule has 0 saturated heterocycles. The van der Waals surface area contributed by atoms with Crippen LogP contribution in [0.15, 0.2) is 4.99 Å². The van der Waals surface area contributed by atoms with Gasteiger partial charge in [-0.15, -0.1) is 0 Å². The average Bonchev–Trinajstić information content (AvgIpc) is 3.23. The van der Waals surface area contributed by atoms with Gasteiger partial charge in [-0.05, 0) is 32.1 Å². The second-order valence-corrected chi connectivity index (χ2v) is 5.79. The lowest BCUT2D eigenvalue weighted by atomic mass is 10.2. The van der Waals surface area contributed by atoms with Gasteiger partial charge in [-0.25, -0.2) is 4.99 Å². The first-order valence-corrected chi connectivity index (χ1v) is 8.01. The van der Waals surface area contributed by atoms with Crippen LogP contribution in [-0.4, -0.2) is 50.8 Å². The SMILES string of the molecule is CCNC(=NCC(=O)NC1CC1)NCCCOCC(C)C. The van der Waals surface area contributed by atoms with Gasteiger partial charge in [-0.3, -0.25) is 4.79 Å². The first kappa shape index (κ1) is 17.8. The van der Waals surface area contributed by atoms with E-state index >= 15 is 0 Å². The summed E-state index contributed by atoms with van der Waals surface area (Å²) in [7, 11) is 0. The molecule has 0 bridgehead atoms. The smallest absolute Gasteiger partial charge is 0.242 e. The van der Waals surface area contributed by atoms with Crippen LogP contribution in [0.3, 0.4) is 0 Å². The Morgan fingerprint density at radius 3 is 2.71 bits per heavy atom. The van der Waals surface area contributed by atoms with E-state index in [1.54, 1.807) is 0 Å². The molecule has 0 heterocycles. The molecule has 122 valence electrons. The van der Waals surface area contributed by atoms with Crippen molar-refractivity contribution in [2.75, 3.05) is 32.8 Å². The molecule has 1 amide bonds. The van der Waals surface area contributed by atoms with Crippen molar-refractivity contribution in [3.63, 3.8) is 0 Å². The fourth-order valence-electron chi connectivity index (χ4n) is 1.69. The largest absolute Gasteiger partial charge is 0.381 e. The minimum absolute atomic E-state index is 0.00466. The van der Waals surface area contributed by atoms with Crippen molar-refractivity contribution in [3.8, 4) is 0 Å². The van der Waals surface area contributed by atoms with Gasteiger partial charge in [-0.1, -0.05) is 13.8 Å². The third kappa shape index (κ3) is 10.1. The van der Waals surface area contributed by atoms with Gasteiger partial charge in [-0.2, -0.15) is 0 Å². The normalized spacial score (nSPS) is 15.1. The minimum atomic E-state index is -0.00466. The molecule has 0 unspecified atom stereocenters. The molecule has 0 aromatic heterocycles. The lowest BCUT2D eigenvalue weighted by molar-refractivity contribution is -0.119. The van der Waals surface area contributed by atoms with Gasteiger partial charge in [0.05, 0.1) is 0 Å². The quantitative estimate of drug-likeness (QED) is 0.318. The zero-order valence-corrected chi connectivity index (χ0v) is 13.6. The van der Waals surface area contributed by atoms with E-state index in [2.05, 4.69) is 34.8 Å². The van der Waals surface area contributed by atoms with E-state index in [1.165, 1.54) is 0 Å². The molecular weight excluding hydrogens is 268 g/mol. The van der Waals surface area contributed by atoms with Crippen LogP contribution in [0.2, 0.25) is 0 Å². The van der Waals surface area contributed by atoms with Crippen molar-refractivity contribution in [1.29, 1.82) is 0 Å². The molecule has 1 aliphatic rings. The maximum atomic E-state index is 11.6. The molecule has 0 aromatic carbocycles. The Morgan fingerprint density at radius 1 is 1.33 bits per heavy atom. The van der Waals surface area contributed by atoms with Gasteiger partial charge in [0.2, 0.25) is 5.91 Å². The minimum Gasteiger partial charge on any atom is -0.381 e. The molecule has 0 spiro atoms. The van der Waals surface area contributed by atoms with E-state index in [0.717, 1.165) is 45.6 Å². The highest BCUT2D eigenvalue weighted by Crippen LogP contribution is 2.18. The Morgan fingerprint density at radius 2 is 2.10 bits per heavy atom. The summed E-state index contributed by atoms with van der Waals surface area (Å²) in [5.41, 5.74) is 0. The topological polar surface area (TPSA) is 74.8 Å². The fraction of sp³-hybridized carbons (Fsp3) is 0.867. The van der Waals surface area contributed by atoms with E-state index in [0.29, 0.717) is 17.9 Å². The van der Waals surface area contributed by atoms with E-state index in [1.807, 2.05) is 6.92 Å². The summed E-state index contributed by atoms with van der Waals surface area (Å²) in [4.78, 5) is 15.9. The van der Waals surface area contributed by atoms with Gasteiger partial charge in [0.15, 0.2) is 5.96 Å². The Bertz CT molecular complexity index is 328. The number of carbonyl (C=O) groups excluding carboxylic acids is 1. The standard InChI is InChI=1S/C15H30N4O2/c1-4-16-15(17-8-5-9-21-11-12(2)3)18-10-14(20)19-13-6-7-13/h12-13H,4-11H2,1-3H3,(H,19,20)(H2,16,17,18). The third-order valence-corrected chi connectivity index (χ3v) is 2.88. The number of carbonyl (C=O) groups is 1. The number of rotatable bonds is 10. The molecule has 6 nitrogen and oxygen atoms in total. The zero-order chi connectivity index (χ0) is 15.5. The predicted molar refractivity (Wildman–Crippen MR) is 85.4 cm³/mol. The van der Waals surface area contributed by atoms with E-state index in [9.17, 15) is 4.79 Å². The second kappa shape index (κ2) is 10.4. The predicted octanol–water partition coefficient (Wildman–Crippen LogP) is 0.883.